The Morgan fingerprint density at radius 2 is 1.80 bits per heavy atom. The molecule has 0 unspecified atom stereocenters. The predicted molar refractivity (Wildman–Crippen MR) is 85.7 cm³/mol. The highest BCUT2D eigenvalue weighted by Crippen LogP contribution is 2.31. The van der Waals surface area contributed by atoms with Crippen LogP contribution in [0.3, 0.4) is 0 Å². The van der Waals surface area contributed by atoms with Crippen molar-refractivity contribution in [1.82, 2.24) is 0 Å². The van der Waals surface area contributed by atoms with Crippen molar-refractivity contribution in [2.45, 2.75) is 26.7 Å². The van der Waals surface area contributed by atoms with Gasteiger partial charge in [-0.05, 0) is 43.2 Å². The maximum absolute atomic E-state index is 6.11. The van der Waals surface area contributed by atoms with Crippen LogP contribution in [0.2, 0.25) is 0 Å². The number of para-hydroxylation sites is 1. The first-order valence-electron chi connectivity index (χ1n) is 7.11. The second-order valence-electron chi connectivity index (χ2n) is 4.72. The first kappa shape index (κ1) is 14.3. The summed E-state index contributed by atoms with van der Waals surface area (Å²) in [6.45, 7) is 4.75. The lowest BCUT2D eigenvalue weighted by Gasteiger charge is -2.13. The summed E-state index contributed by atoms with van der Waals surface area (Å²) in [5.41, 5.74) is 10.0. The molecule has 2 rings (SSSR count). The van der Waals surface area contributed by atoms with E-state index in [0.717, 1.165) is 30.0 Å². The molecule has 0 aromatic heterocycles. The monoisotopic (exact) mass is 270 g/mol. The second kappa shape index (κ2) is 6.85. The van der Waals surface area contributed by atoms with Gasteiger partial charge >= 0.3 is 0 Å². The van der Waals surface area contributed by atoms with Crippen molar-refractivity contribution in [3.8, 4) is 5.75 Å². The topological polar surface area (TPSA) is 47.3 Å². The van der Waals surface area contributed by atoms with Crippen LogP contribution in [0.4, 0.5) is 17.1 Å². The lowest BCUT2D eigenvalue weighted by Crippen LogP contribution is -2.01. The first-order valence-corrected chi connectivity index (χ1v) is 7.11. The van der Waals surface area contributed by atoms with Gasteiger partial charge in [-0.25, -0.2) is 0 Å². The second-order valence-corrected chi connectivity index (χ2v) is 4.72. The third-order valence-electron chi connectivity index (χ3n) is 3.14. The summed E-state index contributed by atoms with van der Waals surface area (Å²) in [5, 5.41) is 3.34. The molecule has 0 fully saturated rings. The molecule has 3 nitrogen and oxygen atoms in total. The molecule has 0 radical (unpaired) electrons. The molecule has 0 aliphatic carbocycles. The summed E-state index contributed by atoms with van der Waals surface area (Å²) in [6.07, 6.45) is 2.28. The molecule has 0 saturated heterocycles. The third kappa shape index (κ3) is 3.44. The molecule has 0 saturated carbocycles. The Morgan fingerprint density at radius 3 is 2.45 bits per heavy atom. The molecule has 0 atom stereocenters. The average molecular weight is 270 g/mol. The number of hydrogen-bond acceptors (Lipinski definition) is 3. The van der Waals surface area contributed by atoms with Gasteiger partial charge in [0.25, 0.3) is 0 Å². The van der Waals surface area contributed by atoms with Gasteiger partial charge in [0, 0.05) is 5.69 Å². The Bertz CT molecular complexity index is 549. The van der Waals surface area contributed by atoms with E-state index in [2.05, 4.69) is 36.5 Å². The number of hydrogen-bond donors (Lipinski definition) is 2. The smallest absolute Gasteiger partial charge is 0.144 e. The molecular formula is C17H22N2O. The van der Waals surface area contributed by atoms with E-state index in [1.807, 2.05) is 25.1 Å². The van der Waals surface area contributed by atoms with Crippen molar-refractivity contribution < 1.29 is 4.74 Å². The normalized spacial score (nSPS) is 10.3. The highest BCUT2D eigenvalue weighted by Gasteiger charge is 2.05. The number of anilines is 3. The van der Waals surface area contributed by atoms with Crippen molar-refractivity contribution in [2.24, 2.45) is 0 Å². The fraction of sp³-hybridized carbons (Fsp3) is 0.294. The zero-order valence-corrected chi connectivity index (χ0v) is 12.1. The van der Waals surface area contributed by atoms with Crippen LogP contribution in [0.25, 0.3) is 0 Å². The van der Waals surface area contributed by atoms with Crippen LogP contribution in [0.1, 0.15) is 25.8 Å². The van der Waals surface area contributed by atoms with E-state index < -0.39 is 0 Å². The van der Waals surface area contributed by atoms with E-state index in [1.165, 1.54) is 5.56 Å². The molecule has 2 aromatic rings. The van der Waals surface area contributed by atoms with Crippen LogP contribution >= 0.6 is 0 Å². The molecule has 106 valence electrons. The minimum atomic E-state index is 0.610. The molecule has 20 heavy (non-hydrogen) atoms. The Hall–Kier alpha value is -2.16. The number of rotatable bonds is 6. The predicted octanol–water partition coefficient (Wildman–Crippen LogP) is 4.36. The lowest BCUT2D eigenvalue weighted by molar-refractivity contribution is 0.342. The van der Waals surface area contributed by atoms with Gasteiger partial charge in [0.15, 0.2) is 0 Å². The van der Waals surface area contributed by atoms with Crippen LogP contribution < -0.4 is 15.8 Å². The minimum absolute atomic E-state index is 0.610. The van der Waals surface area contributed by atoms with Crippen molar-refractivity contribution >= 4 is 17.1 Å². The number of nitrogens with two attached hydrogens (primary N) is 1. The molecule has 3 N–H and O–H groups in total. The van der Waals surface area contributed by atoms with E-state index in [0.29, 0.717) is 12.3 Å². The summed E-state index contributed by atoms with van der Waals surface area (Å²) in [4.78, 5) is 0. The average Bonchev–Trinajstić information content (AvgIpc) is 2.46. The summed E-state index contributed by atoms with van der Waals surface area (Å²) < 4.78 is 5.50. The van der Waals surface area contributed by atoms with Crippen molar-refractivity contribution in [3.05, 3.63) is 48.0 Å². The van der Waals surface area contributed by atoms with Gasteiger partial charge in [0.1, 0.15) is 5.75 Å². The maximum atomic E-state index is 6.11. The Balaban J connectivity index is 2.15. The van der Waals surface area contributed by atoms with Crippen molar-refractivity contribution in [3.63, 3.8) is 0 Å². The molecule has 0 aliphatic heterocycles. The van der Waals surface area contributed by atoms with Gasteiger partial charge in [-0.1, -0.05) is 31.5 Å². The van der Waals surface area contributed by atoms with Gasteiger partial charge < -0.3 is 15.8 Å². The van der Waals surface area contributed by atoms with Gasteiger partial charge in [-0.15, -0.1) is 0 Å². The molecule has 3 heteroatoms. The number of nitrogens with one attached hydrogen (secondary N) is 1. The van der Waals surface area contributed by atoms with E-state index in [9.17, 15) is 0 Å². The Morgan fingerprint density at radius 1 is 1.05 bits per heavy atom. The van der Waals surface area contributed by atoms with Crippen LogP contribution in [0.15, 0.2) is 42.5 Å². The largest absolute Gasteiger partial charge is 0.492 e. The number of ether oxygens (including phenoxy) is 1. The van der Waals surface area contributed by atoms with Crippen LogP contribution in [0.5, 0.6) is 5.75 Å². The molecule has 0 heterocycles. The molecule has 0 amide bonds. The zero-order valence-electron chi connectivity index (χ0n) is 12.1. The Kier molecular flexibility index (Phi) is 4.88. The first-order chi connectivity index (χ1) is 9.74. The van der Waals surface area contributed by atoms with E-state index in [1.54, 1.807) is 0 Å². The highest BCUT2D eigenvalue weighted by molar-refractivity contribution is 5.77. The van der Waals surface area contributed by atoms with Crippen LogP contribution in [-0.2, 0) is 6.42 Å². The molecular weight excluding hydrogens is 248 g/mol. The number of nitrogen functional groups attached to an aromatic ring is 1. The molecule has 2 aromatic carbocycles. The summed E-state index contributed by atoms with van der Waals surface area (Å²) in [7, 11) is 0. The van der Waals surface area contributed by atoms with E-state index >= 15 is 0 Å². The van der Waals surface area contributed by atoms with Gasteiger partial charge in [0.05, 0.1) is 18.0 Å². The summed E-state index contributed by atoms with van der Waals surface area (Å²) in [5.74, 6) is 0.722. The fourth-order valence-corrected chi connectivity index (χ4v) is 2.13. The highest BCUT2D eigenvalue weighted by atomic mass is 16.5. The van der Waals surface area contributed by atoms with Crippen molar-refractivity contribution in [2.75, 3.05) is 17.7 Å². The van der Waals surface area contributed by atoms with Crippen LogP contribution in [0, 0.1) is 0 Å². The van der Waals surface area contributed by atoms with Gasteiger partial charge in [-0.2, -0.15) is 0 Å². The van der Waals surface area contributed by atoms with E-state index in [4.69, 9.17) is 10.5 Å². The van der Waals surface area contributed by atoms with Crippen molar-refractivity contribution in [1.29, 1.82) is 0 Å². The third-order valence-corrected chi connectivity index (χ3v) is 3.14. The quantitative estimate of drug-likeness (QED) is 0.766. The van der Waals surface area contributed by atoms with E-state index in [-0.39, 0.29) is 0 Å². The lowest BCUT2D eigenvalue weighted by atomic mass is 10.1. The van der Waals surface area contributed by atoms with Crippen LogP contribution in [-0.4, -0.2) is 6.61 Å². The SMILES string of the molecule is CCCc1ccc(Nc2cccc(OCC)c2N)cc1. The molecule has 0 spiro atoms. The van der Waals surface area contributed by atoms with Gasteiger partial charge in [0.2, 0.25) is 0 Å². The standard InChI is InChI=1S/C17H22N2O/c1-3-6-13-9-11-14(12-10-13)19-15-7-5-8-16(17(15)18)20-4-2/h5,7-12,19H,3-4,6,18H2,1-2H3. The van der Waals surface area contributed by atoms with Gasteiger partial charge in [-0.3, -0.25) is 0 Å². The Labute approximate surface area is 120 Å². The minimum Gasteiger partial charge on any atom is -0.492 e. The zero-order chi connectivity index (χ0) is 14.4. The summed E-state index contributed by atoms with van der Waals surface area (Å²) >= 11 is 0. The number of benzene rings is 2. The summed E-state index contributed by atoms with van der Waals surface area (Å²) in [6, 6.07) is 14.2. The number of aryl methyl sites for hydroxylation is 1. The maximum Gasteiger partial charge on any atom is 0.144 e. The fourth-order valence-electron chi connectivity index (χ4n) is 2.13. The molecule has 0 bridgehead atoms. The molecule has 0 aliphatic rings.